The van der Waals surface area contributed by atoms with Crippen molar-refractivity contribution in [3.63, 3.8) is 0 Å². The molecule has 0 aromatic carbocycles. The fraction of sp³-hybridized carbons (Fsp3) is 0.500. The number of nitrogens with two attached hydrogens (primary N) is 1. The molecule has 1 aromatic rings. The van der Waals surface area contributed by atoms with Crippen molar-refractivity contribution in [3.05, 3.63) is 29.6 Å². The van der Waals surface area contributed by atoms with Gasteiger partial charge in [-0.15, -0.1) is 0 Å². The first-order valence-corrected chi connectivity index (χ1v) is 7.19. The number of hydrogen-bond acceptors (Lipinski definition) is 3. The van der Waals surface area contributed by atoms with E-state index >= 15 is 0 Å². The van der Waals surface area contributed by atoms with Gasteiger partial charge in [0.25, 0.3) is 5.91 Å². The number of pyridine rings is 1. The molecule has 0 saturated heterocycles. The van der Waals surface area contributed by atoms with Crippen LogP contribution in [0.4, 0.5) is 0 Å². The standard InChI is InChI=1S/C16H21N3O/c1-2-11-19(12-13-7-8-13)16(20)15-14(5-3-9-17)6-4-10-18-15/h4,6,10,13H,2,7-9,11-12,17H2,1H3. The molecule has 1 aliphatic carbocycles. The maximum absolute atomic E-state index is 12.6. The molecule has 0 aliphatic heterocycles. The van der Waals surface area contributed by atoms with Gasteiger partial charge in [-0.3, -0.25) is 4.79 Å². The van der Waals surface area contributed by atoms with Crippen LogP contribution in [-0.2, 0) is 0 Å². The van der Waals surface area contributed by atoms with Crippen LogP contribution in [0.15, 0.2) is 18.3 Å². The van der Waals surface area contributed by atoms with Crippen LogP contribution in [0.5, 0.6) is 0 Å². The maximum atomic E-state index is 12.6. The van der Waals surface area contributed by atoms with Gasteiger partial charge in [0.1, 0.15) is 5.69 Å². The zero-order valence-corrected chi connectivity index (χ0v) is 11.9. The summed E-state index contributed by atoms with van der Waals surface area (Å²) >= 11 is 0. The summed E-state index contributed by atoms with van der Waals surface area (Å²) in [7, 11) is 0. The molecule has 4 nitrogen and oxygen atoms in total. The number of carbonyl (C=O) groups is 1. The van der Waals surface area contributed by atoms with Crippen LogP contribution < -0.4 is 5.73 Å². The molecule has 0 radical (unpaired) electrons. The Balaban J connectivity index is 2.20. The van der Waals surface area contributed by atoms with E-state index in [2.05, 4.69) is 23.7 Å². The van der Waals surface area contributed by atoms with Crippen molar-refractivity contribution in [1.29, 1.82) is 0 Å². The van der Waals surface area contributed by atoms with Crippen molar-refractivity contribution in [3.8, 4) is 11.8 Å². The van der Waals surface area contributed by atoms with Crippen LogP contribution in [-0.4, -0.2) is 35.4 Å². The van der Waals surface area contributed by atoms with Crippen LogP contribution in [0.1, 0.15) is 42.2 Å². The van der Waals surface area contributed by atoms with E-state index in [1.54, 1.807) is 12.3 Å². The lowest BCUT2D eigenvalue weighted by molar-refractivity contribution is 0.0741. The normalized spacial score (nSPS) is 13.5. The molecule has 1 aliphatic rings. The SMILES string of the molecule is CCCN(CC1CC1)C(=O)c1ncccc1C#CCN. The zero-order valence-electron chi connectivity index (χ0n) is 11.9. The lowest BCUT2D eigenvalue weighted by Crippen LogP contribution is -2.34. The van der Waals surface area contributed by atoms with Gasteiger partial charge >= 0.3 is 0 Å². The summed E-state index contributed by atoms with van der Waals surface area (Å²) in [5.74, 6) is 6.39. The number of rotatable bonds is 5. The van der Waals surface area contributed by atoms with Crippen molar-refractivity contribution in [2.75, 3.05) is 19.6 Å². The van der Waals surface area contributed by atoms with E-state index in [0.717, 1.165) is 19.5 Å². The minimum absolute atomic E-state index is 0.0133. The summed E-state index contributed by atoms with van der Waals surface area (Å²) in [6.07, 6.45) is 5.06. The molecule has 0 unspecified atom stereocenters. The molecule has 0 atom stereocenters. The highest BCUT2D eigenvalue weighted by atomic mass is 16.2. The summed E-state index contributed by atoms with van der Waals surface area (Å²) in [4.78, 5) is 18.8. The first-order valence-electron chi connectivity index (χ1n) is 7.19. The minimum Gasteiger partial charge on any atom is -0.337 e. The van der Waals surface area contributed by atoms with E-state index < -0.39 is 0 Å². The van der Waals surface area contributed by atoms with Gasteiger partial charge in [0, 0.05) is 19.3 Å². The van der Waals surface area contributed by atoms with Gasteiger partial charge in [0.2, 0.25) is 0 Å². The highest BCUT2D eigenvalue weighted by Gasteiger charge is 2.28. The Labute approximate surface area is 120 Å². The van der Waals surface area contributed by atoms with E-state index in [1.165, 1.54) is 12.8 Å². The van der Waals surface area contributed by atoms with Gasteiger partial charge in [-0.25, -0.2) is 4.98 Å². The highest BCUT2D eigenvalue weighted by Crippen LogP contribution is 2.30. The van der Waals surface area contributed by atoms with Gasteiger partial charge in [0.15, 0.2) is 0 Å². The van der Waals surface area contributed by atoms with E-state index in [4.69, 9.17) is 5.73 Å². The minimum atomic E-state index is -0.0133. The summed E-state index contributed by atoms with van der Waals surface area (Å²) in [6, 6.07) is 3.62. The number of carbonyl (C=O) groups excluding carboxylic acids is 1. The smallest absolute Gasteiger partial charge is 0.273 e. The molecule has 4 heteroatoms. The predicted octanol–water partition coefficient (Wildman–Crippen LogP) is 1.65. The van der Waals surface area contributed by atoms with E-state index in [0.29, 0.717) is 17.2 Å². The van der Waals surface area contributed by atoms with Crippen LogP contribution in [0, 0.1) is 17.8 Å². The molecule has 1 fully saturated rings. The quantitative estimate of drug-likeness (QED) is 0.828. The Hall–Kier alpha value is -1.86. The molecule has 2 N–H and O–H groups in total. The zero-order chi connectivity index (χ0) is 14.4. The highest BCUT2D eigenvalue weighted by molar-refractivity contribution is 5.94. The van der Waals surface area contributed by atoms with Gasteiger partial charge in [-0.2, -0.15) is 0 Å². The van der Waals surface area contributed by atoms with Gasteiger partial charge < -0.3 is 10.6 Å². The van der Waals surface area contributed by atoms with Crippen molar-refractivity contribution < 1.29 is 4.79 Å². The lowest BCUT2D eigenvalue weighted by atomic mass is 10.1. The number of nitrogens with zero attached hydrogens (tertiary/aromatic N) is 2. The summed E-state index contributed by atoms with van der Waals surface area (Å²) in [5, 5.41) is 0. The first-order chi connectivity index (χ1) is 9.76. The molecule has 1 saturated carbocycles. The van der Waals surface area contributed by atoms with E-state index in [9.17, 15) is 4.79 Å². The second-order valence-electron chi connectivity index (χ2n) is 5.10. The molecular formula is C16H21N3O. The third-order valence-electron chi connectivity index (χ3n) is 3.29. The molecule has 106 valence electrons. The molecular weight excluding hydrogens is 250 g/mol. The van der Waals surface area contributed by atoms with E-state index in [-0.39, 0.29) is 12.5 Å². The molecule has 0 spiro atoms. The Morgan fingerprint density at radius 1 is 1.55 bits per heavy atom. The van der Waals surface area contributed by atoms with Crippen LogP contribution in [0.3, 0.4) is 0 Å². The fourth-order valence-electron chi connectivity index (χ4n) is 2.13. The molecule has 20 heavy (non-hydrogen) atoms. The Bertz CT molecular complexity index is 526. The largest absolute Gasteiger partial charge is 0.337 e. The molecule has 1 heterocycles. The third kappa shape index (κ3) is 3.82. The third-order valence-corrected chi connectivity index (χ3v) is 3.29. The summed E-state index contributed by atoms with van der Waals surface area (Å²) < 4.78 is 0. The monoisotopic (exact) mass is 271 g/mol. The van der Waals surface area contributed by atoms with Crippen LogP contribution >= 0.6 is 0 Å². The Kier molecular flexibility index (Phi) is 5.14. The molecule has 0 bridgehead atoms. The number of aromatic nitrogens is 1. The molecule has 1 aromatic heterocycles. The fourth-order valence-corrected chi connectivity index (χ4v) is 2.13. The average Bonchev–Trinajstić information content (AvgIpc) is 3.28. The molecule has 1 amide bonds. The lowest BCUT2D eigenvalue weighted by Gasteiger charge is -2.22. The van der Waals surface area contributed by atoms with Crippen molar-refractivity contribution in [1.82, 2.24) is 9.88 Å². The van der Waals surface area contributed by atoms with Gasteiger partial charge in [-0.1, -0.05) is 18.8 Å². The Morgan fingerprint density at radius 3 is 3.00 bits per heavy atom. The Morgan fingerprint density at radius 2 is 2.35 bits per heavy atom. The van der Waals surface area contributed by atoms with E-state index in [1.807, 2.05) is 11.0 Å². The second kappa shape index (κ2) is 7.06. The molecule has 2 rings (SSSR count). The summed E-state index contributed by atoms with van der Waals surface area (Å²) in [6.45, 7) is 3.98. The van der Waals surface area contributed by atoms with Gasteiger partial charge in [-0.05, 0) is 37.3 Å². The average molecular weight is 271 g/mol. The number of hydrogen-bond donors (Lipinski definition) is 1. The maximum Gasteiger partial charge on any atom is 0.273 e. The van der Waals surface area contributed by atoms with Gasteiger partial charge in [0.05, 0.1) is 12.1 Å². The van der Waals surface area contributed by atoms with Crippen LogP contribution in [0.25, 0.3) is 0 Å². The van der Waals surface area contributed by atoms with Crippen LogP contribution in [0.2, 0.25) is 0 Å². The van der Waals surface area contributed by atoms with Crippen molar-refractivity contribution in [2.24, 2.45) is 11.7 Å². The number of amides is 1. The second-order valence-corrected chi connectivity index (χ2v) is 5.10. The van der Waals surface area contributed by atoms with Crippen molar-refractivity contribution in [2.45, 2.75) is 26.2 Å². The van der Waals surface area contributed by atoms with Crippen molar-refractivity contribution >= 4 is 5.91 Å². The first kappa shape index (κ1) is 14.5. The topological polar surface area (TPSA) is 59.2 Å². The predicted molar refractivity (Wildman–Crippen MR) is 79.1 cm³/mol. The summed E-state index contributed by atoms with van der Waals surface area (Å²) in [5.41, 5.74) is 6.51.